The molecule has 0 spiro atoms. The van der Waals surface area contributed by atoms with Gasteiger partial charge in [0.15, 0.2) is 0 Å². The standard InChI is InChI=1S/C10H20N2O/c1-8-9(13)12(7-11-8)6-5-10(2,3)4/h8,11H,5-7H2,1-4H3. The van der Waals surface area contributed by atoms with Gasteiger partial charge >= 0.3 is 0 Å². The van der Waals surface area contributed by atoms with Gasteiger partial charge in [-0.3, -0.25) is 10.1 Å². The molecule has 1 aliphatic heterocycles. The van der Waals surface area contributed by atoms with Gasteiger partial charge in [0.2, 0.25) is 5.91 Å². The van der Waals surface area contributed by atoms with Crippen molar-refractivity contribution >= 4 is 5.91 Å². The minimum absolute atomic E-state index is 0.0139. The molecule has 0 aromatic rings. The van der Waals surface area contributed by atoms with E-state index in [-0.39, 0.29) is 11.9 Å². The van der Waals surface area contributed by atoms with Crippen LogP contribution >= 0.6 is 0 Å². The SMILES string of the molecule is CC1NCN(CCC(C)(C)C)C1=O. The van der Waals surface area contributed by atoms with Crippen LogP contribution in [0.15, 0.2) is 0 Å². The third-order valence-corrected chi connectivity index (χ3v) is 2.40. The summed E-state index contributed by atoms with van der Waals surface area (Å²) in [5, 5.41) is 3.13. The van der Waals surface area contributed by atoms with Crippen LogP contribution in [0.5, 0.6) is 0 Å². The Morgan fingerprint density at radius 1 is 1.54 bits per heavy atom. The first kappa shape index (κ1) is 10.5. The topological polar surface area (TPSA) is 32.3 Å². The molecule has 0 aromatic heterocycles. The maximum Gasteiger partial charge on any atom is 0.240 e. The molecule has 0 bridgehead atoms. The van der Waals surface area contributed by atoms with E-state index in [4.69, 9.17) is 0 Å². The number of hydrogen-bond acceptors (Lipinski definition) is 2. The second-order valence-electron chi connectivity index (χ2n) is 5.00. The predicted octanol–water partition coefficient (Wildman–Crippen LogP) is 1.20. The van der Waals surface area contributed by atoms with E-state index in [1.807, 2.05) is 11.8 Å². The summed E-state index contributed by atoms with van der Waals surface area (Å²) in [4.78, 5) is 13.4. The van der Waals surface area contributed by atoms with E-state index in [0.717, 1.165) is 19.6 Å². The van der Waals surface area contributed by atoms with Crippen LogP contribution < -0.4 is 5.32 Å². The van der Waals surface area contributed by atoms with Crippen LogP contribution in [0.3, 0.4) is 0 Å². The third-order valence-electron chi connectivity index (χ3n) is 2.40. The highest BCUT2D eigenvalue weighted by Crippen LogP contribution is 2.19. The summed E-state index contributed by atoms with van der Waals surface area (Å²) in [7, 11) is 0. The van der Waals surface area contributed by atoms with Gasteiger partial charge in [0.05, 0.1) is 12.7 Å². The first-order chi connectivity index (χ1) is 5.90. The van der Waals surface area contributed by atoms with Crippen LogP contribution in [0.1, 0.15) is 34.1 Å². The Labute approximate surface area is 80.5 Å². The van der Waals surface area contributed by atoms with Crippen molar-refractivity contribution in [1.29, 1.82) is 0 Å². The second-order valence-corrected chi connectivity index (χ2v) is 5.00. The maximum atomic E-state index is 11.5. The molecule has 1 amide bonds. The highest BCUT2D eigenvalue weighted by molar-refractivity contribution is 5.83. The van der Waals surface area contributed by atoms with E-state index in [2.05, 4.69) is 26.1 Å². The van der Waals surface area contributed by atoms with Crippen LogP contribution in [0.25, 0.3) is 0 Å². The summed E-state index contributed by atoms with van der Waals surface area (Å²) in [6, 6.07) is 0.0139. The Kier molecular flexibility index (Phi) is 2.96. The van der Waals surface area contributed by atoms with Crippen molar-refractivity contribution in [3.05, 3.63) is 0 Å². The zero-order chi connectivity index (χ0) is 10.1. The second kappa shape index (κ2) is 3.66. The Bertz CT molecular complexity index is 196. The Morgan fingerprint density at radius 2 is 2.15 bits per heavy atom. The molecule has 0 radical (unpaired) electrons. The largest absolute Gasteiger partial charge is 0.329 e. The molecule has 1 aliphatic rings. The summed E-state index contributed by atoms with van der Waals surface area (Å²) in [6.07, 6.45) is 1.06. The molecular weight excluding hydrogens is 164 g/mol. The van der Waals surface area contributed by atoms with Gasteiger partial charge in [-0.05, 0) is 18.8 Å². The molecule has 1 heterocycles. The monoisotopic (exact) mass is 184 g/mol. The fourth-order valence-corrected chi connectivity index (χ4v) is 1.35. The quantitative estimate of drug-likeness (QED) is 0.699. The highest BCUT2D eigenvalue weighted by atomic mass is 16.2. The number of carbonyl (C=O) groups is 1. The van der Waals surface area contributed by atoms with E-state index in [1.165, 1.54) is 0 Å². The molecule has 1 unspecified atom stereocenters. The van der Waals surface area contributed by atoms with Crippen LogP contribution in [0.4, 0.5) is 0 Å². The van der Waals surface area contributed by atoms with Crippen LogP contribution in [-0.2, 0) is 4.79 Å². The van der Waals surface area contributed by atoms with E-state index in [0.29, 0.717) is 5.41 Å². The Hall–Kier alpha value is -0.570. The average molecular weight is 184 g/mol. The van der Waals surface area contributed by atoms with Crippen LogP contribution in [0.2, 0.25) is 0 Å². The molecule has 1 fully saturated rings. The van der Waals surface area contributed by atoms with Crippen molar-refractivity contribution in [2.24, 2.45) is 5.41 Å². The lowest BCUT2D eigenvalue weighted by molar-refractivity contribution is -0.128. The highest BCUT2D eigenvalue weighted by Gasteiger charge is 2.27. The number of carbonyl (C=O) groups excluding carboxylic acids is 1. The molecule has 0 saturated carbocycles. The molecule has 1 rings (SSSR count). The summed E-state index contributed by atoms with van der Waals surface area (Å²) in [5.74, 6) is 0.240. The Balaban J connectivity index is 2.35. The third kappa shape index (κ3) is 2.99. The van der Waals surface area contributed by atoms with Gasteiger partial charge in [-0.25, -0.2) is 0 Å². The molecule has 13 heavy (non-hydrogen) atoms. The van der Waals surface area contributed by atoms with Gasteiger partial charge < -0.3 is 4.90 Å². The number of hydrogen-bond donors (Lipinski definition) is 1. The summed E-state index contributed by atoms with van der Waals surface area (Å²) >= 11 is 0. The molecule has 0 aliphatic carbocycles. The lowest BCUT2D eigenvalue weighted by Gasteiger charge is -2.22. The van der Waals surface area contributed by atoms with Gasteiger partial charge in [0.25, 0.3) is 0 Å². The van der Waals surface area contributed by atoms with Gasteiger partial charge in [0, 0.05) is 6.54 Å². The zero-order valence-electron chi connectivity index (χ0n) is 9.05. The van der Waals surface area contributed by atoms with Crippen molar-refractivity contribution in [3.63, 3.8) is 0 Å². The minimum Gasteiger partial charge on any atom is -0.329 e. The number of nitrogens with one attached hydrogen (secondary N) is 1. The first-order valence-electron chi connectivity index (χ1n) is 4.92. The predicted molar refractivity (Wildman–Crippen MR) is 53.2 cm³/mol. The Morgan fingerprint density at radius 3 is 2.54 bits per heavy atom. The van der Waals surface area contributed by atoms with Crippen molar-refractivity contribution in [2.75, 3.05) is 13.2 Å². The number of amides is 1. The normalized spacial score (nSPS) is 24.2. The summed E-state index contributed by atoms with van der Waals surface area (Å²) < 4.78 is 0. The molecule has 1 N–H and O–H groups in total. The maximum absolute atomic E-state index is 11.5. The van der Waals surface area contributed by atoms with E-state index < -0.39 is 0 Å². The molecule has 76 valence electrons. The first-order valence-corrected chi connectivity index (χ1v) is 4.92. The molecule has 3 heteroatoms. The molecule has 3 nitrogen and oxygen atoms in total. The molecule has 1 saturated heterocycles. The molecule has 1 atom stereocenters. The van der Waals surface area contributed by atoms with Gasteiger partial charge in [-0.15, -0.1) is 0 Å². The molecular formula is C10H20N2O. The lowest BCUT2D eigenvalue weighted by atomic mass is 9.92. The fraction of sp³-hybridized carbons (Fsp3) is 0.900. The van der Waals surface area contributed by atoms with Crippen molar-refractivity contribution in [1.82, 2.24) is 10.2 Å². The fourth-order valence-electron chi connectivity index (χ4n) is 1.35. The average Bonchev–Trinajstić information content (AvgIpc) is 2.29. The van der Waals surface area contributed by atoms with Crippen LogP contribution in [0, 0.1) is 5.41 Å². The van der Waals surface area contributed by atoms with E-state index >= 15 is 0 Å². The minimum atomic E-state index is 0.0139. The van der Waals surface area contributed by atoms with Crippen molar-refractivity contribution in [2.45, 2.75) is 40.2 Å². The number of rotatable bonds is 2. The van der Waals surface area contributed by atoms with E-state index in [9.17, 15) is 4.79 Å². The summed E-state index contributed by atoms with van der Waals surface area (Å²) in [6.45, 7) is 10.1. The van der Waals surface area contributed by atoms with Crippen LogP contribution in [-0.4, -0.2) is 30.1 Å². The summed E-state index contributed by atoms with van der Waals surface area (Å²) in [5.41, 5.74) is 0.312. The van der Waals surface area contributed by atoms with Gasteiger partial charge in [-0.2, -0.15) is 0 Å². The van der Waals surface area contributed by atoms with E-state index in [1.54, 1.807) is 0 Å². The van der Waals surface area contributed by atoms with Crippen molar-refractivity contribution < 1.29 is 4.79 Å². The number of nitrogens with zero attached hydrogens (tertiary/aromatic N) is 1. The molecule has 0 aromatic carbocycles. The van der Waals surface area contributed by atoms with Gasteiger partial charge in [-0.1, -0.05) is 20.8 Å². The van der Waals surface area contributed by atoms with Crippen molar-refractivity contribution in [3.8, 4) is 0 Å². The zero-order valence-corrected chi connectivity index (χ0v) is 9.05. The van der Waals surface area contributed by atoms with Gasteiger partial charge in [0.1, 0.15) is 0 Å². The smallest absolute Gasteiger partial charge is 0.240 e. The lowest BCUT2D eigenvalue weighted by Crippen LogP contribution is -2.31.